The molecule has 2 aromatic rings. The molecule has 0 N–H and O–H groups in total. The summed E-state index contributed by atoms with van der Waals surface area (Å²) in [6.45, 7) is 7.80. The maximum atomic E-state index is 13.4. The first-order valence-corrected chi connectivity index (χ1v) is 10.9. The van der Waals surface area contributed by atoms with Crippen LogP contribution in [0.4, 0.5) is 4.39 Å². The fraction of sp³-hybridized carbons (Fsp3) is 0.500. The smallest absolute Gasteiger partial charge is 0.123 e. The predicted molar refractivity (Wildman–Crippen MR) is 117 cm³/mol. The van der Waals surface area contributed by atoms with E-state index < -0.39 is 5.41 Å². The number of hydrogen-bond acceptors (Lipinski definition) is 2. The molecule has 154 valence electrons. The lowest BCUT2D eigenvalue weighted by molar-refractivity contribution is 0.150. The van der Waals surface area contributed by atoms with Gasteiger partial charge in [0, 0.05) is 18.6 Å². The second kappa shape index (κ2) is 9.55. The Morgan fingerprint density at radius 3 is 2.28 bits per heavy atom. The SMILES string of the molecule is CC(C)N(CCc1ccccc1)C(C)CCC(C#N)(c1ccc(F)cc1)C1CC1. The molecule has 3 rings (SSSR count). The van der Waals surface area contributed by atoms with E-state index in [-0.39, 0.29) is 5.82 Å². The van der Waals surface area contributed by atoms with E-state index in [2.05, 4.69) is 62.1 Å². The van der Waals surface area contributed by atoms with Crippen molar-refractivity contribution in [1.82, 2.24) is 4.90 Å². The first-order chi connectivity index (χ1) is 14.0. The minimum Gasteiger partial charge on any atom is -0.298 e. The van der Waals surface area contributed by atoms with Crippen LogP contribution in [-0.2, 0) is 11.8 Å². The quantitative estimate of drug-likeness (QED) is 0.487. The highest BCUT2D eigenvalue weighted by molar-refractivity contribution is 5.35. The molecule has 0 heterocycles. The molecule has 1 saturated carbocycles. The molecule has 2 unspecified atom stereocenters. The molecular formula is C26H33FN2. The van der Waals surface area contributed by atoms with Crippen molar-refractivity contribution < 1.29 is 4.39 Å². The van der Waals surface area contributed by atoms with E-state index in [1.54, 1.807) is 0 Å². The maximum Gasteiger partial charge on any atom is 0.123 e. The van der Waals surface area contributed by atoms with Gasteiger partial charge in [-0.3, -0.25) is 4.90 Å². The standard InChI is InChI=1S/C26H33FN2/c1-20(2)29(18-16-22-7-5-4-6-8-22)21(3)15-17-26(19-28,23-9-10-23)24-11-13-25(27)14-12-24/h4-8,11-14,20-21,23H,9-10,15-18H2,1-3H3. The van der Waals surface area contributed by atoms with Crippen molar-refractivity contribution in [2.24, 2.45) is 5.92 Å². The van der Waals surface area contributed by atoms with E-state index in [1.165, 1.54) is 17.7 Å². The van der Waals surface area contributed by atoms with Gasteiger partial charge >= 0.3 is 0 Å². The van der Waals surface area contributed by atoms with E-state index in [0.29, 0.717) is 18.0 Å². The van der Waals surface area contributed by atoms with Gasteiger partial charge in [-0.15, -0.1) is 0 Å². The topological polar surface area (TPSA) is 27.0 Å². The van der Waals surface area contributed by atoms with Crippen LogP contribution in [0.3, 0.4) is 0 Å². The average molecular weight is 393 g/mol. The van der Waals surface area contributed by atoms with Gasteiger partial charge in [-0.1, -0.05) is 42.5 Å². The van der Waals surface area contributed by atoms with Crippen molar-refractivity contribution in [2.75, 3.05) is 6.54 Å². The number of benzene rings is 2. The number of nitrogens with zero attached hydrogens (tertiary/aromatic N) is 2. The highest BCUT2D eigenvalue weighted by Crippen LogP contribution is 2.50. The van der Waals surface area contributed by atoms with Crippen LogP contribution in [0.1, 0.15) is 57.6 Å². The summed E-state index contributed by atoms with van der Waals surface area (Å²) >= 11 is 0. The molecule has 1 aliphatic carbocycles. The molecule has 1 aliphatic rings. The summed E-state index contributed by atoms with van der Waals surface area (Å²) in [5.74, 6) is 0.165. The van der Waals surface area contributed by atoms with Gasteiger partial charge in [0.05, 0.1) is 11.5 Å². The summed E-state index contributed by atoms with van der Waals surface area (Å²) in [6, 6.07) is 20.7. The Morgan fingerprint density at radius 1 is 1.07 bits per heavy atom. The molecule has 2 nitrogen and oxygen atoms in total. The zero-order valence-electron chi connectivity index (χ0n) is 17.9. The molecule has 1 fully saturated rings. The predicted octanol–water partition coefficient (Wildman–Crippen LogP) is 6.12. The summed E-state index contributed by atoms with van der Waals surface area (Å²) in [7, 11) is 0. The van der Waals surface area contributed by atoms with Crippen LogP contribution < -0.4 is 0 Å². The molecule has 0 saturated heterocycles. The average Bonchev–Trinajstić information content (AvgIpc) is 3.56. The van der Waals surface area contributed by atoms with Crippen molar-refractivity contribution in [3.05, 3.63) is 71.5 Å². The third-order valence-corrected chi connectivity index (χ3v) is 6.52. The summed E-state index contributed by atoms with van der Waals surface area (Å²) in [4.78, 5) is 2.55. The van der Waals surface area contributed by atoms with Gasteiger partial charge in [-0.2, -0.15) is 5.26 Å². The Morgan fingerprint density at radius 2 is 1.72 bits per heavy atom. The van der Waals surface area contributed by atoms with Crippen LogP contribution in [0, 0.1) is 23.1 Å². The molecule has 3 heteroatoms. The summed E-state index contributed by atoms with van der Waals surface area (Å²) in [5, 5.41) is 10.2. The Balaban J connectivity index is 1.68. The van der Waals surface area contributed by atoms with Gasteiger partial charge in [0.2, 0.25) is 0 Å². The minimum absolute atomic E-state index is 0.239. The normalized spacial score (nSPS) is 17.1. The lowest BCUT2D eigenvalue weighted by atomic mass is 9.73. The summed E-state index contributed by atoms with van der Waals surface area (Å²) in [6.07, 6.45) is 5.03. The molecule has 0 amide bonds. The Labute approximate surface area is 175 Å². The van der Waals surface area contributed by atoms with Crippen molar-refractivity contribution in [2.45, 2.75) is 70.4 Å². The fourth-order valence-corrected chi connectivity index (χ4v) is 4.61. The molecule has 2 atom stereocenters. The van der Waals surface area contributed by atoms with Crippen molar-refractivity contribution in [3.63, 3.8) is 0 Å². The first-order valence-electron chi connectivity index (χ1n) is 10.9. The lowest BCUT2D eigenvalue weighted by Crippen LogP contribution is -2.41. The van der Waals surface area contributed by atoms with Gasteiger partial charge in [-0.05, 0) is 82.1 Å². The zero-order valence-corrected chi connectivity index (χ0v) is 17.9. The van der Waals surface area contributed by atoms with Crippen LogP contribution in [0.2, 0.25) is 0 Å². The van der Waals surface area contributed by atoms with Gasteiger partial charge in [0.25, 0.3) is 0 Å². The van der Waals surface area contributed by atoms with Crippen molar-refractivity contribution >= 4 is 0 Å². The Hall–Kier alpha value is -2.18. The van der Waals surface area contributed by atoms with Crippen LogP contribution in [-0.4, -0.2) is 23.5 Å². The first kappa shape index (κ1) is 21.5. The van der Waals surface area contributed by atoms with Crippen molar-refractivity contribution in [3.8, 4) is 6.07 Å². The molecular weight excluding hydrogens is 359 g/mol. The largest absolute Gasteiger partial charge is 0.298 e. The van der Waals surface area contributed by atoms with E-state index in [0.717, 1.165) is 44.2 Å². The summed E-state index contributed by atoms with van der Waals surface area (Å²) in [5.41, 5.74) is 1.86. The monoisotopic (exact) mass is 392 g/mol. The molecule has 2 aromatic carbocycles. The van der Waals surface area contributed by atoms with Gasteiger partial charge < -0.3 is 0 Å². The van der Waals surface area contributed by atoms with Gasteiger partial charge in [0.1, 0.15) is 5.82 Å². The fourth-order valence-electron chi connectivity index (χ4n) is 4.61. The van der Waals surface area contributed by atoms with Gasteiger partial charge in [0.15, 0.2) is 0 Å². The molecule has 0 aliphatic heterocycles. The minimum atomic E-state index is -0.482. The van der Waals surface area contributed by atoms with E-state index in [1.807, 2.05) is 12.1 Å². The molecule has 0 bridgehead atoms. The third-order valence-electron chi connectivity index (χ3n) is 6.52. The maximum absolute atomic E-state index is 13.4. The summed E-state index contributed by atoms with van der Waals surface area (Å²) < 4.78 is 13.4. The Kier molecular flexibility index (Phi) is 7.09. The number of nitriles is 1. The third kappa shape index (κ3) is 5.25. The second-order valence-corrected chi connectivity index (χ2v) is 8.82. The van der Waals surface area contributed by atoms with E-state index in [4.69, 9.17) is 0 Å². The number of halogens is 1. The van der Waals surface area contributed by atoms with Crippen molar-refractivity contribution in [1.29, 1.82) is 5.26 Å². The van der Waals surface area contributed by atoms with E-state index in [9.17, 15) is 9.65 Å². The highest BCUT2D eigenvalue weighted by Gasteiger charge is 2.46. The second-order valence-electron chi connectivity index (χ2n) is 8.82. The van der Waals surface area contributed by atoms with Crippen LogP contribution in [0.15, 0.2) is 54.6 Å². The number of rotatable bonds is 10. The molecule has 0 spiro atoms. The van der Waals surface area contributed by atoms with Crippen LogP contribution >= 0.6 is 0 Å². The van der Waals surface area contributed by atoms with Crippen LogP contribution in [0.25, 0.3) is 0 Å². The Bertz CT molecular complexity index is 805. The molecule has 0 radical (unpaired) electrons. The van der Waals surface area contributed by atoms with E-state index >= 15 is 0 Å². The van der Waals surface area contributed by atoms with Crippen LogP contribution in [0.5, 0.6) is 0 Å². The highest BCUT2D eigenvalue weighted by atomic mass is 19.1. The molecule has 0 aromatic heterocycles. The molecule has 29 heavy (non-hydrogen) atoms. The zero-order chi connectivity index (χ0) is 20.9. The number of hydrogen-bond donors (Lipinski definition) is 0. The van der Waals surface area contributed by atoms with Gasteiger partial charge in [-0.25, -0.2) is 4.39 Å². The lowest BCUT2D eigenvalue weighted by Gasteiger charge is -2.35.